The van der Waals surface area contributed by atoms with E-state index in [1.165, 1.54) is 11.3 Å². The monoisotopic (exact) mass is 459 g/mol. The second-order valence-electron chi connectivity index (χ2n) is 6.86. The number of hydrogen-bond acceptors (Lipinski definition) is 7. The molecule has 0 fully saturated rings. The van der Waals surface area contributed by atoms with Gasteiger partial charge in [0.2, 0.25) is 0 Å². The van der Waals surface area contributed by atoms with Gasteiger partial charge in [-0.1, -0.05) is 42.9 Å². The van der Waals surface area contributed by atoms with Gasteiger partial charge in [-0.3, -0.25) is 0 Å². The first-order valence-corrected chi connectivity index (χ1v) is 11.2. The Labute approximate surface area is 190 Å². The molecule has 3 N–H and O–H groups in total. The summed E-state index contributed by atoms with van der Waals surface area (Å²) in [6.45, 7) is 8.04. The molecule has 1 atom stereocenters. The van der Waals surface area contributed by atoms with Gasteiger partial charge in [0.15, 0.2) is 5.01 Å². The maximum Gasteiger partial charge on any atom is 0.168 e. The van der Waals surface area contributed by atoms with Crippen LogP contribution in [-0.2, 0) is 0 Å². The van der Waals surface area contributed by atoms with Crippen LogP contribution in [0.15, 0.2) is 36.7 Å². The largest absolute Gasteiger partial charge is 0.492 e. The molecule has 4 aromatic rings. The molecule has 0 aliphatic carbocycles. The molecule has 0 radical (unpaired) electrons. The van der Waals surface area contributed by atoms with Crippen LogP contribution in [-0.4, -0.2) is 43.9 Å². The Balaban J connectivity index is 0.00000132. The van der Waals surface area contributed by atoms with E-state index in [4.69, 9.17) is 27.2 Å². The van der Waals surface area contributed by atoms with Gasteiger partial charge in [0.25, 0.3) is 0 Å². The molecule has 9 heteroatoms. The quantitative estimate of drug-likeness (QED) is 0.440. The van der Waals surface area contributed by atoms with Gasteiger partial charge >= 0.3 is 0 Å². The number of aromatic nitrogens is 4. The van der Waals surface area contributed by atoms with Crippen LogP contribution in [0.3, 0.4) is 0 Å². The zero-order valence-corrected chi connectivity index (χ0v) is 19.5. The Morgan fingerprint density at radius 3 is 2.65 bits per heavy atom. The molecular weight excluding hydrogens is 434 g/mol. The van der Waals surface area contributed by atoms with Crippen LogP contribution >= 0.6 is 22.9 Å². The van der Waals surface area contributed by atoms with Crippen molar-refractivity contribution in [2.45, 2.75) is 33.7 Å². The number of aliphatic hydroxyl groups excluding tert-OH is 1. The molecule has 4 rings (SSSR count). The van der Waals surface area contributed by atoms with E-state index in [0.717, 1.165) is 33.0 Å². The molecular formula is C22H26ClN5O2S. The topological polar surface area (TPSA) is 98.6 Å². The molecule has 1 unspecified atom stereocenters. The Morgan fingerprint density at radius 1 is 1.16 bits per heavy atom. The summed E-state index contributed by atoms with van der Waals surface area (Å²) in [5.74, 6) is 0.628. The molecule has 0 amide bonds. The number of aryl methyl sites for hydroxylation is 2. The van der Waals surface area contributed by atoms with Crippen molar-refractivity contribution < 1.29 is 9.84 Å². The Hall–Kier alpha value is -2.52. The molecule has 0 aliphatic rings. The van der Waals surface area contributed by atoms with Crippen LogP contribution in [0, 0.1) is 13.8 Å². The Morgan fingerprint density at radius 2 is 1.90 bits per heavy atom. The van der Waals surface area contributed by atoms with Crippen LogP contribution in [0.1, 0.15) is 25.0 Å². The maximum absolute atomic E-state index is 9.03. The van der Waals surface area contributed by atoms with Gasteiger partial charge < -0.3 is 20.0 Å². The predicted octanol–water partition coefficient (Wildman–Crippen LogP) is 4.51. The fourth-order valence-corrected chi connectivity index (χ4v) is 4.00. The third-order valence-corrected chi connectivity index (χ3v) is 5.72. The molecule has 164 valence electrons. The summed E-state index contributed by atoms with van der Waals surface area (Å²) in [7, 11) is 0. The molecule has 0 saturated heterocycles. The second kappa shape index (κ2) is 10.2. The van der Waals surface area contributed by atoms with E-state index >= 15 is 0 Å². The predicted molar refractivity (Wildman–Crippen MR) is 126 cm³/mol. The zero-order valence-electron chi connectivity index (χ0n) is 18.0. The minimum atomic E-state index is -0.437. The van der Waals surface area contributed by atoms with Gasteiger partial charge in [0.05, 0.1) is 17.7 Å². The van der Waals surface area contributed by atoms with E-state index in [-0.39, 0.29) is 13.2 Å². The van der Waals surface area contributed by atoms with Crippen molar-refractivity contribution >= 4 is 28.6 Å². The highest BCUT2D eigenvalue weighted by Crippen LogP contribution is 2.37. The van der Waals surface area contributed by atoms with Gasteiger partial charge in [-0.15, -0.1) is 10.2 Å². The van der Waals surface area contributed by atoms with Gasteiger partial charge in [-0.05, 0) is 43.2 Å². The first kappa shape index (κ1) is 23.1. The summed E-state index contributed by atoms with van der Waals surface area (Å²) >= 11 is 7.91. The summed E-state index contributed by atoms with van der Waals surface area (Å²) < 4.78 is 7.64. The summed E-state index contributed by atoms with van der Waals surface area (Å²) in [6.07, 6.45) is 3.97. The Bertz CT molecular complexity index is 1170. The van der Waals surface area contributed by atoms with E-state index in [1.807, 2.05) is 62.7 Å². The maximum atomic E-state index is 9.03. The number of fused-ring (bicyclic) bond motifs is 1. The van der Waals surface area contributed by atoms with Crippen molar-refractivity contribution in [2.75, 3.05) is 13.2 Å². The summed E-state index contributed by atoms with van der Waals surface area (Å²) in [5, 5.41) is 19.6. The van der Waals surface area contributed by atoms with Crippen molar-refractivity contribution in [2.24, 2.45) is 5.73 Å². The van der Waals surface area contributed by atoms with Gasteiger partial charge in [-0.2, -0.15) is 0 Å². The summed E-state index contributed by atoms with van der Waals surface area (Å²) in [5.41, 5.74) is 10.2. The number of benzene rings is 1. The lowest BCUT2D eigenvalue weighted by atomic mass is 10.1. The summed E-state index contributed by atoms with van der Waals surface area (Å²) in [4.78, 5) is 4.62. The number of ether oxygens (including phenoxy) is 1. The van der Waals surface area contributed by atoms with Gasteiger partial charge in [-0.25, -0.2) is 4.98 Å². The van der Waals surface area contributed by atoms with Crippen molar-refractivity contribution in [1.82, 2.24) is 19.6 Å². The normalized spacial score (nSPS) is 11.8. The number of nitrogens with two attached hydrogens (primary N) is 1. The highest BCUT2D eigenvalue weighted by atomic mass is 35.5. The molecule has 0 spiro atoms. The highest BCUT2D eigenvalue weighted by Gasteiger charge is 2.16. The number of imidazole rings is 1. The molecule has 31 heavy (non-hydrogen) atoms. The lowest BCUT2D eigenvalue weighted by Gasteiger charge is -2.14. The number of pyridine rings is 1. The van der Waals surface area contributed by atoms with Crippen LogP contribution in [0.5, 0.6) is 5.75 Å². The highest BCUT2D eigenvalue weighted by molar-refractivity contribution is 7.18. The van der Waals surface area contributed by atoms with Gasteiger partial charge in [0, 0.05) is 18.0 Å². The summed E-state index contributed by atoms with van der Waals surface area (Å²) in [6, 6.07) is 7.22. The fourth-order valence-electron chi connectivity index (χ4n) is 2.87. The molecule has 0 bridgehead atoms. The van der Waals surface area contributed by atoms with E-state index < -0.39 is 6.04 Å². The third-order valence-electron chi connectivity index (χ3n) is 4.43. The number of rotatable bonds is 6. The van der Waals surface area contributed by atoms with E-state index in [9.17, 15) is 0 Å². The lowest BCUT2D eigenvalue weighted by molar-refractivity contribution is 0.206. The fraction of sp³-hybridized carbons (Fsp3) is 0.318. The van der Waals surface area contributed by atoms with Crippen LogP contribution in [0.2, 0.25) is 5.02 Å². The molecule has 0 aliphatic heterocycles. The lowest BCUT2D eigenvalue weighted by Crippen LogP contribution is -2.31. The van der Waals surface area contributed by atoms with Crippen LogP contribution in [0.4, 0.5) is 0 Å². The van der Waals surface area contributed by atoms with Crippen molar-refractivity contribution in [1.29, 1.82) is 0 Å². The minimum absolute atomic E-state index is 0.138. The standard InChI is InChI=1S/C20H20ClN5O2S.C2H6/c1-11-3-4-18-23-16(8-26(18)7-11)20-25-24-19(29-20)14-5-12(2)17(6-15(14)21)28-10-13(22)9-27;1-2/h3-8,13,27H,9-10,22H2,1-2H3;1-2H3. The van der Waals surface area contributed by atoms with Crippen molar-refractivity contribution in [3.63, 3.8) is 0 Å². The van der Waals surface area contributed by atoms with Crippen LogP contribution in [0.25, 0.3) is 26.9 Å². The van der Waals surface area contributed by atoms with Crippen molar-refractivity contribution in [3.8, 4) is 27.0 Å². The second-order valence-corrected chi connectivity index (χ2v) is 8.25. The molecule has 1 aromatic carbocycles. The number of nitrogens with zero attached hydrogens (tertiary/aromatic N) is 4. The first-order chi connectivity index (χ1) is 14.9. The van der Waals surface area contributed by atoms with Crippen molar-refractivity contribution in [3.05, 3.63) is 52.8 Å². The molecule has 3 aromatic heterocycles. The number of aliphatic hydroxyl groups is 1. The average molecular weight is 460 g/mol. The van der Waals surface area contributed by atoms with Gasteiger partial charge in [0.1, 0.15) is 28.7 Å². The van der Waals surface area contributed by atoms with E-state index in [1.54, 1.807) is 6.07 Å². The van der Waals surface area contributed by atoms with E-state index in [0.29, 0.717) is 15.8 Å². The van der Waals surface area contributed by atoms with Crippen LogP contribution < -0.4 is 10.5 Å². The molecule has 0 saturated carbocycles. The smallest absolute Gasteiger partial charge is 0.168 e. The minimum Gasteiger partial charge on any atom is -0.492 e. The third kappa shape index (κ3) is 5.22. The SMILES string of the molecule is CC.Cc1ccc2nc(-c3nnc(-c4cc(C)c(OCC(N)CO)cc4Cl)s3)cn2c1. The van der Waals surface area contributed by atoms with E-state index in [2.05, 4.69) is 15.2 Å². The average Bonchev–Trinajstić information content (AvgIpc) is 3.42. The zero-order chi connectivity index (χ0) is 22.5. The molecule has 3 heterocycles. The first-order valence-electron chi connectivity index (χ1n) is 10.0. The number of hydrogen-bond donors (Lipinski definition) is 2. The molecule has 7 nitrogen and oxygen atoms in total. The number of halogens is 1. The Kier molecular flexibility index (Phi) is 7.61.